The molecule has 0 radical (unpaired) electrons. The molecule has 0 saturated carbocycles. The average molecular weight is 370 g/mol. The number of hydrogen-bond acceptors (Lipinski definition) is 5. The number of carbonyl (C=O) groups excluding carboxylic acids is 2. The number of nitrogens with zero attached hydrogens (tertiary/aromatic N) is 3. The Hall–Kier alpha value is -3.03. The van der Waals surface area contributed by atoms with Crippen LogP contribution in [0.5, 0.6) is 11.5 Å². The molecule has 3 heterocycles. The van der Waals surface area contributed by atoms with Crippen LogP contribution in [0, 0.1) is 6.92 Å². The van der Waals surface area contributed by atoms with Crippen molar-refractivity contribution in [2.75, 3.05) is 24.7 Å². The monoisotopic (exact) mass is 370 g/mol. The highest BCUT2D eigenvalue weighted by Crippen LogP contribution is 2.32. The standard InChI is InChI=1S/C19H22N4O4/c1-12-9-18-22(19(25)5-6-23(18)21-12)11-17(24)20-13(2)14-3-4-15-16(10-14)27-8-7-26-15/h3-4,9-10,13H,5-8,11H2,1-2H3,(H,20,24)/t13-/m0/s1. The van der Waals surface area contributed by atoms with Crippen molar-refractivity contribution in [3.63, 3.8) is 0 Å². The summed E-state index contributed by atoms with van der Waals surface area (Å²) in [7, 11) is 0. The molecule has 27 heavy (non-hydrogen) atoms. The highest BCUT2D eigenvalue weighted by molar-refractivity contribution is 5.99. The maximum Gasteiger partial charge on any atom is 0.240 e. The Morgan fingerprint density at radius 1 is 1.26 bits per heavy atom. The van der Waals surface area contributed by atoms with Gasteiger partial charge in [-0.1, -0.05) is 6.07 Å². The second-order valence-electron chi connectivity index (χ2n) is 6.79. The van der Waals surface area contributed by atoms with Crippen molar-refractivity contribution >= 4 is 17.6 Å². The van der Waals surface area contributed by atoms with Gasteiger partial charge < -0.3 is 14.8 Å². The summed E-state index contributed by atoms with van der Waals surface area (Å²) in [6.45, 7) is 5.35. The summed E-state index contributed by atoms with van der Waals surface area (Å²) in [5, 5.41) is 7.31. The lowest BCUT2D eigenvalue weighted by Crippen LogP contribution is -2.44. The van der Waals surface area contributed by atoms with Gasteiger partial charge in [0.1, 0.15) is 25.6 Å². The van der Waals surface area contributed by atoms with Crippen molar-refractivity contribution in [2.24, 2.45) is 0 Å². The number of carbonyl (C=O) groups is 2. The van der Waals surface area contributed by atoms with E-state index in [-0.39, 0.29) is 24.4 Å². The molecule has 0 bridgehead atoms. The summed E-state index contributed by atoms with van der Waals surface area (Å²) in [5.74, 6) is 1.78. The number of aromatic nitrogens is 2. The molecule has 0 aliphatic carbocycles. The van der Waals surface area contributed by atoms with Gasteiger partial charge in [0.05, 0.1) is 18.3 Å². The number of rotatable bonds is 4. The first kappa shape index (κ1) is 17.4. The molecule has 2 amide bonds. The van der Waals surface area contributed by atoms with E-state index in [1.807, 2.05) is 38.1 Å². The second kappa shape index (κ2) is 6.94. The van der Waals surface area contributed by atoms with Gasteiger partial charge in [-0.15, -0.1) is 0 Å². The summed E-state index contributed by atoms with van der Waals surface area (Å²) in [6.07, 6.45) is 0.346. The molecule has 1 atom stereocenters. The minimum atomic E-state index is -0.224. The fourth-order valence-corrected chi connectivity index (χ4v) is 3.39. The summed E-state index contributed by atoms with van der Waals surface area (Å²) in [5.41, 5.74) is 1.74. The van der Waals surface area contributed by atoms with Crippen LogP contribution in [-0.2, 0) is 16.1 Å². The highest BCUT2D eigenvalue weighted by atomic mass is 16.6. The Kier molecular flexibility index (Phi) is 4.47. The fourth-order valence-electron chi connectivity index (χ4n) is 3.39. The van der Waals surface area contributed by atoms with Gasteiger partial charge in [-0.05, 0) is 31.5 Å². The van der Waals surface area contributed by atoms with E-state index in [2.05, 4.69) is 10.4 Å². The maximum atomic E-state index is 12.6. The van der Waals surface area contributed by atoms with Crippen molar-refractivity contribution in [2.45, 2.75) is 32.9 Å². The lowest BCUT2D eigenvalue weighted by molar-refractivity contribution is -0.124. The fraction of sp³-hybridized carbons (Fsp3) is 0.421. The molecule has 0 spiro atoms. The van der Waals surface area contributed by atoms with Gasteiger partial charge in [0, 0.05) is 12.5 Å². The molecule has 1 aromatic heterocycles. The zero-order valence-corrected chi connectivity index (χ0v) is 15.4. The van der Waals surface area contributed by atoms with Crippen molar-refractivity contribution in [3.05, 3.63) is 35.5 Å². The lowest BCUT2D eigenvalue weighted by Gasteiger charge is -2.27. The number of ether oxygens (including phenoxy) is 2. The largest absolute Gasteiger partial charge is 0.486 e. The Labute approximate surface area is 157 Å². The number of fused-ring (bicyclic) bond motifs is 2. The average Bonchev–Trinajstić information content (AvgIpc) is 3.04. The van der Waals surface area contributed by atoms with Crippen molar-refractivity contribution in [1.29, 1.82) is 0 Å². The minimum Gasteiger partial charge on any atom is -0.486 e. The number of hydrogen-bond donors (Lipinski definition) is 1. The lowest BCUT2D eigenvalue weighted by atomic mass is 10.1. The summed E-state index contributed by atoms with van der Waals surface area (Å²) >= 11 is 0. The van der Waals surface area contributed by atoms with E-state index >= 15 is 0 Å². The Morgan fingerprint density at radius 3 is 2.85 bits per heavy atom. The smallest absolute Gasteiger partial charge is 0.240 e. The maximum absolute atomic E-state index is 12.6. The summed E-state index contributed by atoms with van der Waals surface area (Å²) < 4.78 is 12.9. The zero-order valence-electron chi connectivity index (χ0n) is 15.4. The topological polar surface area (TPSA) is 85.7 Å². The molecule has 1 N–H and O–H groups in total. The van der Waals surface area contributed by atoms with Crippen molar-refractivity contribution in [1.82, 2.24) is 15.1 Å². The van der Waals surface area contributed by atoms with Crippen LogP contribution in [0.25, 0.3) is 0 Å². The normalized spacial score (nSPS) is 16.7. The third-order valence-corrected chi connectivity index (χ3v) is 4.74. The zero-order chi connectivity index (χ0) is 19.0. The van der Waals surface area contributed by atoms with Crippen LogP contribution in [0.3, 0.4) is 0 Å². The molecular weight excluding hydrogens is 348 g/mol. The van der Waals surface area contributed by atoms with E-state index in [1.165, 1.54) is 4.90 Å². The van der Waals surface area contributed by atoms with E-state index in [0.717, 1.165) is 11.3 Å². The first-order valence-corrected chi connectivity index (χ1v) is 9.05. The molecule has 0 unspecified atom stereocenters. The van der Waals surface area contributed by atoms with Crippen LogP contribution >= 0.6 is 0 Å². The first-order chi connectivity index (χ1) is 13.0. The molecule has 2 aromatic rings. The number of aryl methyl sites for hydroxylation is 2. The van der Waals surface area contributed by atoms with Crippen molar-refractivity contribution < 1.29 is 19.1 Å². The molecule has 8 heteroatoms. The van der Waals surface area contributed by atoms with Gasteiger partial charge in [0.15, 0.2) is 11.5 Å². The molecule has 0 fully saturated rings. The van der Waals surface area contributed by atoms with E-state index in [0.29, 0.717) is 43.5 Å². The number of anilines is 1. The molecular formula is C19H22N4O4. The molecule has 8 nitrogen and oxygen atoms in total. The van der Waals surface area contributed by atoms with E-state index in [1.54, 1.807) is 4.68 Å². The predicted octanol–water partition coefficient (Wildman–Crippen LogP) is 1.58. The molecule has 0 saturated heterocycles. The van der Waals surface area contributed by atoms with Crippen LogP contribution < -0.4 is 19.7 Å². The number of nitrogens with one attached hydrogen (secondary N) is 1. The Balaban J connectivity index is 1.44. The Morgan fingerprint density at radius 2 is 2.04 bits per heavy atom. The van der Waals surface area contributed by atoms with Gasteiger partial charge in [0.2, 0.25) is 11.8 Å². The molecule has 4 rings (SSSR count). The van der Waals surface area contributed by atoms with Crippen LogP contribution in [-0.4, -0.2) is 41.4 Å². The Bertz CT molecular complexity index is 892. The van der Waals surface area contributed by atoms with Gasteiger partial charge in [-0.25, -0.2) is 4.68 Å². The van der Waals surface area contributed by atoms with Crippen LogP contribution in [0.15, 0.2) is 24.3 Å². The van der Waals surface area contributed by atoms with Gasteiger partial charge in [-0.2, -0.15) is 5.10 Å². The quantitative estimate of drug-likeness (QED) is 0.883. The van der Waals surface area contributed by atoms with Gasteiger partial charge in [-0.3, -0.25) is 14.5 Å². The van der Waals surface area contributed by atoms with Crippen molar-refractivity contribution in [3.8, 4) is 11.5 Å². The molecule has 142 valence electrons. The number of benzene rings is 1. The number of amides is 2. The van der Waals surface area contributed by atoms with E-state index < -0.39 is 0 Å². The third-order valence-electron chi connectivity index (χ3n) is 4.74. The van der Waals surface area contributed by atoms with E-state index in [4.69, 9.17) is 9.47 Å². The summed E-state index contributed by atoms with van der Waals surface area (Å²) in [4.78, 5) is 26.3. The second-order valence-corrected chi connectivity index (χ2v) is 6.79. The van der Waals surface area contributed by atoms with E-state index in [9.17, 15) is 9.59 Å². The van der Waals surface area contributed by atoms with Gasteiger partial charge in [0.25, 0.3) is 0 Å². The predicted molar refractivity (Wildman–Crippen MR) is 97.9 cm³/mol. The first-order valence-electron chi connectivity index (χ1n) is 9.05. The third kappa shape index (κ3) is 3.47. The van der Waals surface area contributed by atoms with Crippen LogP contribution in [0.4, 0.5) is 5.82 Å². The molecule has 2 aliphatic rings. The van der Waals surface area contributed by atoms with Gasteiger partial charge >= 0.3 is 0 Å². The van der Waals surface area contributed by atoms with Crippen LogP contribution in [0.2, 0.25) is 0 Å². The molecule has 2 aliphatic heterocycles. The molecule has 1 aromatic carbocycles. The summed E-state index contributed by atoms with van der Waals surface area (Å²) in [6, 6.07) is 7.24. The minimum absolute atomic E-state index is 0.0289. The SMILES string of the molecule is Cc1cc2n(n1)CCC(=O)N2CC(=O)N[C@@H](C)c1ccc2c(c1)OCCO2. The van der Waals surface area contributed by atoms with Crippen LogP contribution in [0.1, 0.15) is 30.6 Å². The highest BCUT2D eigenvalue weighted by Gasteiger charge is 2.28.